The van der Waals surface area contributed by atoms with Gasteiger partial charge in [0, 0.05) is 24.9 Å². The van der Waals surface area contributed by atoms with Crippen LogP contribution in [0.5, 0.6) is 0 Å². The number of nitrogens with zero attached hydrogens (tertiary/aromatic N) is 1. The molecule has 1 atom stereocenters. The smallest absolute Gasteiger partial charge is 0.328 e. The number of aryl methyl sites for hydroxylation is 1. The van der Waals surface area contributed by atoms with Gasteiger partial charge in [0.1, 0.15) is 23.0 Å². The molecule has 4 rings (SSSR count). The van der Waals surface area contributed by atoms with Crippen molar-refractivity contribution in [2.75, 3.05) is 13.7 Å². The van der Waals surface area contributed by atoms with Crippen molar-refractivity contribution in [3.8, 4) is 11.1 Å². The van der Waals surface area contributed by atoms with E-state index >= 15 is 0 Å². The molecular formula is C24H23NO5. The average molecular weight is 405 g/mol. The number of benzene rings is 2. The van der Waals surface area contributed by atoms with Crippen molar-refractivity contribution in [3.05, 3.63) is 59.7 Å². The summed E-state index contributed by atoms with van der Waals surface area (Å²) in [6.45, 7) is 1.96. The van der Waals surface area contributed by atoms with Gasteiger partial charge in [-0.25, -0.2) is 4.79 Å². The van der Waals surface area contributed by atoms with Crippen molar-refractivity contribution in [1.82, 2.24) is 4.90 Å². The fraction of sp³-hybridized carbons (Fsp3) is 0.333. The third-order valence-corrected chi connectivity index (χ3v) is 6.33. The molecule has 2 aromatic carbocycles. The third-order valence-electron chi connectivity index (χ3n) is 6.33. The van der Waals surface area contributed by atoms with Crippen LogP contribution >= 0.6 is 0 Å². The van der Waals surface area contributed by atoms with Gasteiger partial charge in [-0.1, -0.05) is 36.4 Å². The summed E-state index contributed by atoms with van der Waals surface area (Å²) in [5.41, 5.74) is 2.31. The Morgan fingerprint density at radius 2 is 1.63 bits per heavy atom. The molecule has 1 amide bonds. The molecule has 6 nitrogen and oxygen atoms in total. The molecule has 0 radical (unpaired) electrons. The highest BCUT2D eigenvalue weighted by atomic mass is 16.5. The zero-order valence-electron chi connectivity index (χ0n) is 17.0. The van der Waals surface area contributed by atoms with Crippen LogP contribution in [0.15, 0.2) is 48.5 Å². The van der Waals surface area contributed by atoms with E-state index < -0.39 is 17.4 Å². The molecule has 2 fully saturated rings. The van der Waals surface area contributed by atoms with Gasteiger partial charge in [-0.2, -0.15) is 0 Å². The minimum atomic E-state index is -1.27. The van der Waals surface area contributed by atoms with Gasteiger partial charge in [-0.15, -0.1) is 0 Å². The van der Waals surface area contributed by atoms with E-state index in [9.17, 15) is 19.2 Å². The molecule has 1 heterocycles. The van der Waals surface area contributed by atoms with Crippen molar-refractivity contribution in [2.45, 2.75) is 32.2 Å². The van der Waals surface area contributed by atoms with Gasteiger partial charge in [0.25, 0.3) is 5.91 Å². The minimum absolute atomic E-state index is 0.00434. The Balaban J connectivity index is 1.64. The number of hydrogen-bond acceptors (Lipinski definition) is 5. The Morgan fingerprint density at radius 1 is 1.00 bits per heavy atom. The molecule has 0 unspecified atom stereocenters. The van der Waals surface area contributed by atoms with Gasteiger partial charge in [0.05, 0.1) is 7.11 Å². The fourth-order valence-electron chi connectivity index (χ4n) is 4.59. The van der Waals surface area contributed by atoms with E-state index in [0.29, 0.717) is 5.56 Å². The van der Waals surface area contributed by atoms with E-state index in [1.54, 1.807) is 12.1 Å². The van der Waals surface area contributed by atoms with Crippen LogP contribution in [0.1, 0.15) is 35.2 Å². The van der Waals surface area contributed by atoms with Crippen LogP contribution in [0.25, 0.3) is 11.1 Å². The number of ether oxygens (including phenoxy) is 1. The molecule has 1 spiro atoms. The maximum atomic E-state index is 13.2. The minimum Gasteiger partial charge on any atom is -0.467 e. The quantitative estimate of drug-likeness (QED) is 0.579. The first-order chi connectivity index (χ1) is 14.4. The Morgan fingerprint density at radius 3 is 2.23 bits per heavy atom. The molecule has 2 aliphatic rings. The predicted molar refractivity (Wildman–Crippen MR) is 110 cm³/mol. The van der Waals surface area contributed by atoms with E-state index in [1.165, 1.54) is 12.0 Å². The largest absolute Gasteiger partial charge is 0.467 e. The number of amides is 1. The predicted octanol–water partition coefficient (Wildman–Crippen LogP) is 2.97. The topological polar surface area (TPSA) is 80.8 Å². The van der Waals surface area contributed by atoms with E-state index in [2.05, 4.69) is 0 Å². The van der Waals surface area contributed by atoms with E-state index in [0.717, 1.165) is 16.7 Å². The van der Waals surface area contributed by atoms with Crippen LogP contribution in [-0.4, -0.2) is 48.0 Å². The standard InChI is InChI=1S/C24H23NO5/c1-15-5-3-4-6-18(15)16-7-9-17(10-8-16)22(28)25-14-24(13-19(25)23(29)30-2)20(26)11-12-21(24)27/h3-10,19H,11-14H2,1-2H3/t19-/m0/s1. The molecule has 154 valence electrons. The summed E-state index contributed by atoms with van der Waals surface area (Å²) in [5.74, 6) is -1.37. The number of likely N-dealkylation sites (tertiary alicyclic amines) is 1. The Kier molecular flexibility index (Phi) is 5.02. The molecule has 1 aliphatic carbocycles. The van der Waals surface area contributed by atoms with Crippen molar-refractivity contribution in [1.29, 1.82) is 0 Å². The summed E-state index contributed by atoms with van der Waals surface area (Å²) < 4.78 is 4.86. The lowest BCUT2D eigenvalue weighted by Crippen LogP contribution is -2.42. The molecule has 2 aromatic rings. The Labute approximate surface area is 174 Å². The first-order valence-electron chi connectivity index (χ1n) is 9.99. The van der Waals surface area contributed by atoms with Gasteiger partial charge in [-0.3, -0.25) is 14.4 Å². The third kappa shape index (κ3) is 3.12. The second kappa shape index (κ2) is 7.52. The SMILES string of the molecule is COC(=O)[C@@H]1CC2(CN1C(=O)c1ccc(-c3ccccc3C)cc1)C(=O)CCC2=O. The molecule has 0 aromatic heterocycles. The summed E-state index contributed by atoms with van der Waals surface area (Å²) in [5, 5.41) is 0. The van der Waals surface area contributed by atoms with Crippen LogP contribution in [-0.2, 0) is 19.1 Å². The first-order valence-corrected chi connectivity index (χ1v) is 9.99. The Hall–Kier alpha value is -3.28. The number of methoxy groups -OCH3 is 1. The number of ketones is 2. The van der Waals surface area contributed by atoms with Crippen LogP contribution in [0.2, 0.25) is 0 Å². The highest BCUT2D eigenvalue weighted by Crippen LogP contribution is 2.43. The van der Waals surface area contributed by atoms with Crippen LogP contribution < -0.4 is 0 Å². The number of hydrogen-bond donors (Lipinski definition) is 0. The van der Waals surface area contributed by atoms with Crippen molar-refractivity contribution in [2.24, 2.45) is 5.41 Å². The van der Waals surface area contributed by atoms with Crippen LogP contribution in [0, 0.1) is 12.3 Å². The number of carbonyl (C=O) groups is 4. The van der Waals surface area contributed by atoms with Gasteiger partial charge < -0.3 is 9.64 Å². The highest BCUT2D eigenvalue weighted by Gasteiger charge is 2.59. The van der Waals surface area contributed by atoms with Gasteiger partial charge in [-0.05, 0) is 42.2 Å². The molecule has 1 saturated carbocycles. The molecule has 0 N–H and O–H groups in total. The van der Waals surface area contributed by atoms with Crippen LogP contribution in [0.4, 0.5) is 0 Å². The lowest BCUT2D eigenvalue weighted by molar-refractivity contribution is -0.145. The maximum absolute atomic E-state index is 13.2. The molecule has 30 heavy (non-hydrogen) atoms. The summed E-state index contributed by atoms with van der Waals surface area (Å²) >= 11 is 0. The normalized spacial score (nSPS) is 20.1. The van der Waals surface area contributed by atoms with E-state index in [1.807, 2.05) is 43.3 Å². The zero-order valence-corrected chi connectivity index (χ0v) is 17.0. The number of carbonyl (C=O) groups excluding carboxylic acids is 4. The molecule has 0 bridgehead atoms. The van der Waals surface area contributed by atoms with Crippen molar-refractivity contribution >= 4 is 23.4 Å². The van der Waals surface area contributed by atoms with E-state index in [-0.39, 0.29) is 43.3 Å². The monoisotopic (exact) mass is 405 g/mol. The fourth-order valence-corrected chi connectivity index (χ4v) is 4.59. The molecule has 1 aliphatic heterocycles. The summed E-state index contributed by atoms with van der Waals surface area (Å²) in [6, 6.07) is 14.2. The molecule has 6 heteroatoms. The van der Waals surface area contributed by atoms with Gasteiger partial charge >= 0.3 is 5.97 Å². The summed E-state index contributed by atoms with van der Waals surface area (Å²) in [4.78, 5) is 51.9. The number of Topliss-reactive ketones (excluding diaryl/α,β-unsaturated/α-hetero) is 2. The highest BCUT2D eigenvalue weighted by molar-refractivity contribution is 6.15. The summed E-state index contributed by atoms with van der Waals surface area (Å²) in [6.07, 6.45) is 0.337. The van der Waals surface area contributed by atoms with Gasteiger partial charge in [0.15, 0.2) is 0 Å². The number of esters is 1. The molecule has 1 saturated heterocycles. The number of rotatable bonds is 3. The lowest BCUT2D eigenvalue weighted by Gasteiger charge is -2.23. The van der Waals surface area contributed by atoms with Crippen molar-refractivity contribution < 1.29 is 23.9 Å². The first kappa shape index (κ1) is 20.0. The van der Waals surface area contributed by atoms with Crippen LogP contribution in [0.3, 0.4) is 0 Å². The Bertz CT molecular complexity index is 1020. The summed E-state index contributed by atoms with van der Waals surface area (Å²) in [7, 11) is 1.24. The lowest BCUT2D eigenvalue weighted by atomic mass is 9.82. The van der Waals surface area contributed by atoms with Gasteiger partial charge in [0.2, 0.25) is 0 Å². The molecular weight excluding hydrogens is 382 g/mol. The van der Waals surface area contributed by atoms with Crippen molar-refractivity contribution in [3.63, 3.8) is 0 Å². The zero-order chi connectivity index (χ0) is 21.5. The average Bonchev–Trinajstić information content (AvgIpc) is 3.30. The second-order valence-electron chi connectivity index (χ2n) is 8.00. The second-order valence-corrected chi connectivity index (χ2v) is 8.00. The maximum Gasteiger partial charge on any atom is 0.328 e. The van der Waals surface area contributed by atoms with E-state index in [4.69, 9.17) is 4.74 Å².